The van der Waals surface area contributed by atoms with Gasteiger partial charge in [0.25, 0.3) is 0 Å². The number of rotatable bonds is 6. The summed E-state index contributed by atoms with van der Waals surface area (Å²) in [6.45, 7) is 2.15. The van der Waals surface area contributed by atoms with Crippen molar-refractivity contribution in [2.45, 2.75) is 38.0 Å². The Bertz CT molecular complexity index is 1120. The maximum absolute atomic E-state index is 5.88. The van der Waals surface area contributed by atoms with Gasteiger partial charge in [-0.15, -0.1) is 0 Å². The molecule has 1 fully saturated rings. The fraction of sp³-hybridized carbons (Fsp3) is 0.300. The van der Waals surface area contributed by atoms with Gasteiger partial charge in [-0.25, -0.2) is 9.97 Å². The van der Waals surface area contributed by atoms with Crippen LogP contribution in [0.2, 0.25) is 0 Å². The van der Waals surface area contributed by atoms with Crippen LogP contribution in [0.1, 0.15) is 54.8 Å². The number of imidazole rings is 1. The number of H-pyrrole nitrogens is 2. The number of hydrogen-bond donors (Lipinski definition) is 4. The fourth-order valence-electron chi connectivity index (χ4n) is 3.69. The molecular formula is C20H22N8. The maximum Gasteiger partial charge on any atom is 0.221 e. The summed E-state index contributed by atoms with van der Waals surface area (Å²) in [4.78, 5) is 16.2. The molecule has 0 bridgehead atoms. The van der Waals surface area contributed by atoms with Gasteiger partial charge in [-0.1, -0.05) is 13.0 Å². The molecule has 8 nitrogen and oxygen atoms in total. The summed E-state index contributed by atoms with van der Waals surface area (Å²) in [6, 6.07) is 8.34. The molecule has 1 atom stereocenters. The van der Waals surface area contributed by atoms with Crippen LogP contribution in [0.25, 0.3) is 11.0 Å². The molecule has 1 saturated carbocycles. The van der Waals surface area contributed by atoms with Crippen molar-refractivity contribution < 1.29 is 0 Å². The second-order valence-corrected chi connectivity index (χ2v) is 7.28. The molecule has 0 amide bonds. The lowest BCUT2D eigenvalue weighted by Gasteiger charge is -2.19. The van der Waals surface area contributed by atoms with Crippen molar-refractivity contribution in [1.29, 1.82) is 0 Å². The van der Waals surface area contributed by atoms with Gasteiger partial charge in [0, 0.05) is 35.4 Å². The molecule has 1 aliphatic rings. The topological polar surface area (TPSA) is 121 Å². The number of nitrogen functional groups attached to an aromatic ring is 1. The number of nitrogens with two attached hydrogens (primary N) is 1. The predicted octanol–water partition coefficient (Wildman–Crippen LogP) is 3.82. The second kappa shape index (κ2) is 6.63. The Morgan fingerprint density at radius 1 is 1.25 bits per heavy atom. The third-order valence-electron chi connectivity index (χ3n) is 5.33. The molecule has 0 spiro atoms. The van der Waals surface area contributed by atoms with Gasteiger partial charge in [-0.2, -0.15) is 10.1 Å². The standard InChI is InChI=1S/C20H22N8/c1-2-13(12-5-6-15-17(7-12)24-10-23-15)14-9-22-20(21)26-19(14)25-18-8-16(27-28-18)11-3-4-11/h5-11,13H,2-4H2,1H3,(H,23,24)(H4,21,22,25,26,27,28). The predicted molar refractivity (Wildman–Crippen MR) is 109 cm³/mol. The minimum absolute atomic E-state index is 0.117. The van der Waals surface area contributed by atoms with E-state index in [0.29, 0.717) is 11.7 Å². The smallest absolute Gasteiger partial charge is 0.221 e. The van der Waals surface area contributed by atoms with E-state index in [1.165, 1.54) is 24.1 Å². The number of nitrogens with one attached hydrogen (secondary N) is 3. The van der Waals surface area contributed by atoms with E-state index in [9.17, 15) is 0 Å². The average molecular weight is 374 g/mol. The molecule has 0 radical (unpaired) electrons. The number of aromatic nitrogens is 6. The van der Waals surface area contributed by atoms with Gasteiger partial charge >= 0.3 is 0 Å². The first-order valence-corrected chi connectivity index (χ1v) is 9.59. The Hall–Kier alpha value is -3.42. The van der Waals surface area contributed by atoms with Gasteiger partial charge in [0.2, 0.25) is 5.95 Å². The largest absolute Gasteiger partial charge is 0.368 e. The molecule has 1 unspecified atom stereocenters. The van der Waals surface area contributed by atoms with Gasteiger partial charge in [0.05, 0.1) is 17.4 Å². The van der Waals surface area contributed by atoms with E-state index in [0.717, 1.165) is 28.8 Å². The van der Waals surface area contributed by atoms with E-state index in [-0.39, 0.29) is 11.9 Å². The highest BCUT2D eigenvalue weighted by atomic mass is 15.2. The monoisotopic (exact) mass is 374 g/mol. The Kier molecular flexibility index (Phi) is 3.96. The Morgan fingerprint density at radius 3 is 2.96 bits per heavy atom. The van der Waals surface area contributed by atoms with E-state index in [2.05, 4.69) is 66.6 Å². The van der Waals surface area contributed by atoms with Gasteiger partial charge in [-0.3, -0.25) is 5.10 Å². The molecule has 142 valence electrons. The van der Waals surface area contributed by atoms with Crippen LogP contribution in [0.4, 0.5) is 17.6 Å². The second-order valence-electron chi connectivity index (χ2n) is 7.28. The van der Waals surface area contributed by atoms with Crippen LogP contribution in [0.3, 0.4) is 0 Å². The van der Waals surface area contributed by atoms with Crippen LogP contribution in [-0.2, 0) is 0 Å². The van der Waals surface area contributed by atoms with E-state index in [1.807, 2.05) is 6.20 Å². The quantitative estimate of drug-likeness (QED) is 0.407. The molecule has 3 aromatic heterocycles. The molecule has 3 heterocycles. The first kappa shape index (κ1) is 16.7. The number of anilines is 3. The highest BCUT2D eigenvalue weighted by Crippen LogP contribution is 2.40. The molecule has 28 heavy (non-hydrogen) atoms. The molecule has 1 aliphatic carbocycles. The summed E-state index contributed by atoms with van der Waals surface area (Å²) in [6.07, 6.45) is 6.86. The summed E-state index contributed by atoms with van der Waals surface area (Å²) in [5, 5.41) is 10.8. The van der Waals surface area contributed by atoms with Crippen LogP contribution in [0.5, 0.6) is 0 Å². The summed E-state index contributed by atoms with van der Waals surface area (Å²) in [5.74, 6) is 2.41. The lowest BCUT2D eigenvalue weighted by molar-refractivity contribution is 0.770. The summed E-state index contributed by atoms with van der Waals surface area (Å²) in [5.41, 5.74) is 11.2. The molecule has 4 aromatic rings. The molecule has 0 saturated heterocycles. The van der Waals surface area contributed by atoms with Gasteiger partial charge < -0.3 is 16.0 Å². The Labute approximate surface area is 162 Å². The molecule has 0 aliphatic heterocycles. The van der Waals surface area contributed by atoms with E-state index in [1.54, 1.807) is 6.33 Å². The van der Waals surface area contributed by atoms with Crippen molar-refractivity contribution in [3.05, 3.63) is 53.6 Å². The third-order valence-corrected chi connectivity index (χ3v) is 5.33. The van der Waals surface area contributed by atoms with Crippen molar-refractivity contribution >= 4 is 28.6 Å². The van der Waals surface area contributed by atoms with Crippen molar-refractivity contribution in [2.75, 3.05) is 11.1 Å². The molecule has 1 aromatic carbocycles. The van der Waals surface area contributed by atoms with Crippen molar-refractivity contribution in [3.63, 3.8) is 0 Å². The van der Waals surface area contributed by atoms with E-state index >= 15 is 0 Å². The number of nitrogens with zero attached hydrogens (tertiary/aromatic N) is 4. The number of fused-ring (bicyclic) bond motifs is 1. The first-order valence-electron chi connectivity index (χ1n) is 9.59. The Balaban J connectivity index is 1.51. The number of benzene rings is 1. The highest BCUT2D eigenvalue weighted by molar-refractivity contribution is 5.75. The lowest BCUT2D eigenvalue weighted by Crippen LogP contribution is -2.09. The highest BCUT2D eigenvalue weighted by Gasteiger charge is 2.26. The van der Waals surface area contributed by atoms with Gasteiger partial charge in [0.15, 0.2) is 5.82 Å². The van der Waals surface area contributed by atoms with Crippen molar-refractivity contribution in [1.82, 2.24) is 30.1 Å². The van der Waals surface area contributed by atoms with Gasteiger partial charge in [0.1, 0.15) is 5.82 Å². The third kappa shape index (κ3) is 3.06. The zero-order valence-corrected chi connectivity index (χ0v) is 15.6. The van der Waals surface area contributed by atoms with Crippen LogP contribution >= 0.6 is 0 Å². The van der Waals surface area contributed by atoms with Crippen LogP contribution in [0, 0.1) is 0 Å². The minimum atomic E-state index is 0.117. The van der Waals surface area contributed by atoms with E-state index in [4.69, 9.17) is 5.73 Å². The molecular weight excluding hydrogens is 352 g/mol. The SMILES string of the molecule is CCC(c1ccc2[nH]cnc2c1)c1cnc(N)nc1Nc1cc(C2CC2)[nH]n1. The maximum atomic E-state index is 5.88. The summed E-state index contributed by atoms with van der Waals surface area (Å²) in [7, 11) is 0. The Morgan fingerprint density at radius 2 is 2.14 bits per heavy atom. The zero-order chi connectivity index (χ0) is 19.1. The van der Waals surface area contributed by atoms with Crippen LogP contribution < -0.4 is 11.1 Å². The normalized spacial score (nSPS) is 15.0. The average Bonchev–Trinajstić information content (AvgIpc) is 3.26. The zero-order valence-electron chi connectivity index (χ0n) is 15.6. The van der Waals surface area contributed by atoms with Crippen molar-refractivity contribution in [3.8, 4) is 0 Å². The summed E-state index contributed by atoms with van der Waals surface area (Å²) >= 11 is 0. The van der Waals surface area contributed by atoms with Crippen LogP contribution in [0.15, 0.2) is 36.8 Å². The van der Waals surface area contributed by atoms with Crippen LogP contribution in [-0.4, -0.2) is 30.1 Å². The number of hydrogen-bond acceptors (Lipinski definition) is 6. The first-order chi connectivity index (χ1) is 13.7. The lowest BCUT2D eigenvalue weighted by atomic mass is 9.90. The summed E-state index contributed by atoms with van der Waals surface area (Å²) < 4.78 is 0. The number of aromatic amines is 2. The van der Waals surface area contributed by atoms with Gasteiger partial charge in [-0.05, 0) is 37.0 Å². The van der Waals surface area contributed by atoms with E-state index < -0.39 is 0 Å². The fourth-order valence-corrected chi connectivity index (χ4v) is 3.69. The van der Waals surface area contributed by atoms with Crippen molar-refractivity contribution in [2.24, 2.45) is 0 Å². The molecule has 5 rings (SSSR count). The minimum Gasteiger partial charge on any atom is -0.368 e. The molecule has 5 N–H and O–H groups in total. The molecule has 8 heteroatoms.